The first kappa shape index (κ1) is 15.1. The van der Waals surface area contributed by atoms with Gasteiger partial charge >= 0.3 is 0 Å². The number of hydrogen-bond donors (Lipinski definition) is 1. The van der Waals surface area contributed by atoms with Crippen molar-refractivity contribution in [1.29, 1.82) is 0 Å². The Hall–Kier alpha value is -1.26. The molecule has 1 unspecified atom stereocenters. The van der Waals surface area contributed by atoms with Crippen LogP contribution in [0.4, 0.5) is 8.78 Å². The molecule has 2 aromatic rings. The normalized spacial score (nSPS) is 12.4. The maximum Gasteiger partial charge on any atom is 0.124 e. The first-order chi connectivity index (χ1) is 9.60. The fourth-order valence-electron chi connectivity index (χ4n) is 2.18. The van der Waals surface area contributed by atoms with E-state index in [4.69, 9.17) is 0 Å². The molecule has 2 rings (SSSR count). The summed E-state index contributed by atoms with van der Waals surface area (Å²) >= 11 is 3.40. The molecule has 20 heavy (non-hydrogen) atoms. The fourth-order valence-corrected chi connectivity index (χ4v) is 2.81. The number of hydrogen-bond acceptors (Lipinski definition) is 1. The van der Waals surface area contributed by atoms with Crippen LogP contribution in [0.1, 0.15) is 24.1 Å². The predicted octanol–water partition coefficient (Wildman–Crippen LogP) is 4.62. The van der Waals surface area contributed by atoms with E-state index in [0.29, 0.717) is 0 Å². The molecule has 0 aliphatic rings. The zero-order chi connectivity index (χ0) is 14.5. The summed E-state index contributed by atoms with van der Waals surface area (Å²) in [6.45, 7) is 2.82. The van der Waals surface area contributed by atoms with E-state index in [2.05, 4.69) is 21.2 Å². The van der Waals surface area contributed by atoms with E-state index in [1.165, 1.54) is 24.3 Å². The Bertz CT molecular complexity index is 569. The third-order valence-corrected chi connectivity index (χ3v) is 3.83. The molecule has 4 heteroatoms. The van der Waals surface area contributed by atoms with Crippen molar-refractivity contribution >= 4 is 15.9 Å². The van der Waals surface area contributed by atoms with Crippen LogP contribution in [-0.2, 0) is 6.42 Å². The van der Waals surface area contributed by atoms with Crippen molar-refractivity contribution < 1.29 is 8.78 Å². The molecule has 1 nitrogen and oxygen atoms in total. The Morgan fingerprint density at radius 2 is 1.70 bits per heavy atom. The fraction of sp³-hybridized carbons (Fsp3) is 0.250. The van der Waals surface area contributed by atoms with E-state index in [-0.39, 0.29) is 17.7 Å². The summed E-state index contributed by atoms with van der Waals surface area (Å²) in [4.78, 5) is 0. The van der Waals surface area contributed by atoms with Crippen LogP contribution in [0.2, 0.25) is 0 Å². The lowest BCUT2D eigenvalue weighted by Crippen LogP contribution is -2.23. The number of benzene rings is 2. The Kier molecular flexibility index (Phi) is 5.26. The highest BCUT2D eigenvalue weighted by Crippen LogP contribution is 2.27. The van der Waals surface area contributed by atoms with Crippen LogP contribution in [0, 0.1) is 11.6 Å². The molecule has 0 saturated heterocycles. The van der Waals surface area contributed by atoms with Crippen molar-refractivity contribution in [2.24, 2.45) is 0 Å². The van der Waals surface area contributed by atoms with Crippen LogP contribution in [0.25, 0.3) is 0 Å². The lowest BCUT2D eigenvalue weighted by atomic mass is 9.98. The van der Waals surface area contributed by atoms with Crippen LogP contribution < -0.4 is 5.32 Å². The molecule has 0 aliphatic heterocycles. The molecule has 1 atom stereocenters. The molecule has 2 aromatic carbocycles. The summed E-state index contributed by atoms with van der Waals surface area (Å²) in [7, 11) is 0. The monoisotopic (exact) mass is 339 g/mol. The van der Waals surface area contributed by atoms with Gasteiger partial charge in [0.05, 0.1) is 0 Å². The highest BCUT2D eigenvalue weighted by molar-refractivity contribution is 9.10. The van der Waals surface area contributed by atoms with Crippen molar-refractivity contribution in [3.8, 4) is 0 Å². The molecule has 0 aromatic heterocycles. The second kappa shape index (κ2) is 6.95. The average Bonchev–Trinajstić information content (AvgIpc) is 2.41. The van der Waals surface area contributed by atoms with Gasteiger partial charge in [0.25, 0.3) is 0 Å². The van der Waals surface area contributed by atoms with Crippen LogP contribution >= 0.6 is 15.9 Å². The standard InChI is InChI=1S/C16H16BrF2N/c1-2-20-16(9-11-3-5-12(18)6-4-11)14-8-7-13(19)10-15(14)17/h3-8,10,16,20H,2,9H2,1H3. The first-order valence-electron chi connectivity index (χ1n) is 6.53. The Labute approximate surface area is 126 Å². The van der Waals surface area contributed by atoms with Crippen molar-refractivity contribution in [3.05, 3.63) is 69.7 Å². The maximum absolute atomic E-state index is 13.2. The summed E-state index contributed by atoms with van der Waals surface area (Å²) in [5.74, 6) is -0.505. The summed E-state index contributed by atoms with van der Waals surface area (Å²) in [6.07, 6.45) is 0.721. The first-order valence-corrected chi connectivity index (χ1v) is 7.32. The zero-order valence-electron chi connectivity index (χ0n) is 11.2. The Balaban J connectivity index is 2.24. The minimum atomic E-state index is -0.266. The smallest absolute Gasteiger partial charge is 0.124 e. The van der Waals surface area contributed by atoms with E-state index in [1.807, 2.05) is 6.92 Å². The van der Waals surface area contributed by atoms with Gasteiger partial charge < -0.3 is 5.32 Å². The van der Waals surface area contributed by atoms with E-state index >= 15 is 0 Å². The zero-order valence-corrected chi connectivity index (χ0v) is 12.8. The van der Waals surface area contributed by atoms with Gasteiger partial charge in [0, 0.05) is 10.5 Å². The number of nitrogens with one attached hydrogen (secondary N) is 1. The second-order valence-corrected chi connectivity index (χ2v) is 5.46. The van der Waals surface area contributed by atoms with E-state index < -0.39 is 0 Å². The molecule has 1 N–H and O–H groups in total. The quantitative estimate of drug-likeness (QED) is 0.837. The summed E-state index contributed by atoms with van der Waals surface area (Å²) in [5.41, 5.74) is 2.03. The molecule has 0 fully saturated rings. The van der Waals surface area contributed by atoms with Crippen molar-refractivity contribution in [1.82, 2.24) is 5.32 Å². The van der Waals surface area contributed by atoms with Gasteiger partial charge in [0.1, 0.15) is 11.6 Å². The molecule has 0 spiro atoms. The van der Waals surface area contributed by atoms with Crippen LogP contribution in [0.3, 0.4) is 0 Å². The minimum absolute atomic E-state index is 0.0560. The van der Waals surface area contributed by atoms with E-state index in [1.54, 1.807) is 18.2 Å². The van der Waals surface area contributed by atoms with Crippen molar-refractivity contribution in [2.75, 3.05) is 6.54 Å². The molecule has 0 amide bonds. The van der Waals surface area contributed by atoms with Crippen molar-refractivity contribution in [2.45, 2.75) is 19.4 Å². The number of halogens is 3. The summed E-state index contributed by atoms with van der Waals surface area (Å²) in [5, 5.41) is 3.38. The lowest BCUT2D eigenvalue weighted by Gasteiger charge is -2.20. The molecule has 0 aliphatic carbocycles. The van der Waals surface area contributed by atoms with Gasteiger partial charge in [-0.1, -0.05) is 41.1 Å². The molecular formula is C16H16BrF2N. The van der Waals surface area contributed by atoms with Crippen molar-refractivity contribution in [3.63, 3.8) is 0 Å². The number of rotatable bonds is 5. The summed E-state index contributed by atoms with van der Waals surface area (Å²) < 4.78 is 26.9. The van der Waals surface area contributed by atoms with Gasteiger partial charge in [-0.15, -0.1) is 0 Å². The van der Waals surface area contributed by atoms with Gasteiger partial charge in [-0.25, -0.2) is 8.78 Å². The SMILES string of the molecule is CCNC(Cc1ccc(F)cc1)c1ccc(F)cc1Br. The molecule has 0 radical (unpaired) electrons. The minimum Gasteiger partial charge on any atom is -0.310 e. The van der Waals surface area contributed by atoms with E-state index in [0.717, 1.165) is 28.6 Å². The Morgan fingerprint density at radius 3 is 2.30 bits per heavy atom. The average molecular weight is 340 g/mol. The van der Waals surface area contributed by atoms with Gasteiger partial charge in [0.15, 0.2) is 0 Å². The molecule has 0 bridgehead atoms. The van der Waals surface area contributed by atoms with Crippen LogP contribution in [0.15, 0.2) is 46.9 Å². The Morgan fingerprint density at radius 1 is 1.05 bits per heavy atom. The highest BCUT2D eigenvalue weighted by atomic mass is 79.9. The molecular weight excluding hydrogens is 324 g/mol. The third-order valence-electron chi connectivity index (χ3n) is 3.14. The largest absolute Gasteiger partial charge is 0.310 e. The number of likely N-dealkylation sites (N-methyl/N-ethyl adjacent to an activating group) is 1. The maximum atomic E-state index is 13.2. The van der Waals surface area contributed by atoms with Crippen LogP contribution in [0.5, 0.6) is 0 Å². The molecule has 106 valence electrons. The van der Waals surface area contributed by atoms with Gasteiger partial charge in [0.2, 0.25) is 0 Å². The van der Waals surface area contributed by atoms with Gasteiger partial charge in [-0.05, 0) is 48.4 Å². The second-order valence-electron chi connectivity index (χ2n) is 4.61. The van der Waals surface area contributed by atoms with Gasteiger partial charge in [-0.3, -0.25) is 0 Å². The van der Waals surface area contributed by atoms with Crippen LogP contribution in [-0.4, -0.2) is 6.54 Å². The van der Waals surface area contributed by atoms with E-state index in [9.17, 15) is 8.78 Å². The highest BCUT2D eigenvalue weighted by Gasteiger charge is 2.14. The lowest BCUT2D eigenvalue weighted by molar-refractivity contribution is 0.544. The molecule has 0 saturated carbocycles. The van der Waals surface area contributed by atoms with Gasteiger partial charge in [-0.2, -0.15) is 0 Å². The topological polar surface area (TPSA) is 12.0 Å². The third kappa shape index (κ3) is 3.87. The predicted molar refractivity (Wildman–Crippen MR) is 80.6 cm³/mol. The molecule has 0 heterocycles. The summed E-state index contributed by atoms with van der Waals surface area (Å²) in [6, 6.07) is 11.2.